The van der Waals surface area contributed by atoms with Crippen LogP contribution < -0.4 is 0 Å². The minimum Gasteiger partial charge on any atom is -0.507 e. The fourth-order valence-electron chi connectivity index (χ4n) is 2.31. The molecule has 0 saturated carbocycles. The van der Waals surface area contributed by atoms with E-state index in [0.717, 1.165) is 21.8 Å². The van der Waals surface area contributed by atoms with E-state index in [0.29, 0.717) is 0 Å². The van der Waals surface area contributed by atoms with Crippen molar-refractivity contribution in [1.82, 2.24) is 4.98 Å². The number of hydrogen-bond donors (Lipinski definition) is 1. The molecule has 0 atom stereocenters. The lowest BCUT2D eigenvalue weighted by atomic mass is 10.1. The topological polar surface area (TPSA) is 33.1 Å². The van der Waals surface area contributed by atoms with Crippen LogP contribution in [-0.2, 0) is 0 Å². The molecule has 0 radical (unpaired) electrons. The molecule has 0 aliphatic rings. The fourth-order valence-corrected chi connectivity index (χ4v) is 3.17. The van der Waals surface area contributed by atoms with Crippen LogP contribution in [0.25, 0.3) is 21.8 Å². The smallest absolute Gasteiger partial charge is 0.127 e. The molecule has 0 unspecified atom stereocenters. The number of hydrogen-bond acceptors (Lipinski definition) is 3. The third-order valence-electron chi connectivity index (χ3n) is 3.16. The van der Waals surface area contributed by atoms with Crippen LogP contribution >= 0.6 is 11.3 Å². The third-order valence-corrected chi connectivity index (χ3v) is 4.03. The lowest BCUT2D eigenvalue weighted by molar-refractivity contribution is 0.477. The first kappa shape index (κ1) is 12.9. The van der Waals surface area contributed by atoms with Gasteiger partial charge in [0.05, 0.1) is 11.3 Å². The van der Waals surface area contributed by atoms with Gasteiger partial charge in [-0.3, -0.25) is 0 Å². The first-order valence-corrected chi connectivity index (χ1v) is 7.34. The quantitative estimate of drug-likeness (QED) is 0.732. The number of thiazole rings is 1. The molecule has 100 valence electrons. The van der Waals surface area contributed by atoms with Crippen molar-refractivity contribution in [2.45, 2.75) is 13.8 Å². The highest BCUT2D eigenvalue weighted by molar-refractivity contribution is 7.13. The first-order chi connectivity index (χ1) is 9.63. The Hall–Kier alpha value is -2.13. The minimum atomic E-state index is 0.272. The number of aromatic hydroxyl groups is 1. The van der Waals surface area contributed by atoms with Gasteiger partial charge in [0.15, 0.2) is 0 Å². The van der Waals surface area contributed by atoms with Crippen LogP contribution in [0, 0.1) is 13.8 Å². The molecule has 0 fully saturated rings. The monoisotopic (exact) mass is 281 g/mol. The Labute approximate surface area is 122 Å². The zero-order chi connectivity index (χ0) is 14.1. The highest BCUT2D eigenvalue weighted by Gasteiger charge is 2.10. The molecular formula is C17H15NOS. The second-order valence-corrected chi connectivity index (χ2v) is 5.79. The second-order valence-electron chi connectivity index (χ2n) is 4.93. The van der Waals surface area contributed by atoms with Crippen LogP contribution in [0.5, 0.6) is 5.75 Å². The van der Waals surface area contributed by atoms with E-state index in [2.05, 4.69) is 37.0 Å². The Bertz CT molecular complexity index is 741. The standard InChI is InChI=1S/C17H15NOS/c1-11-7-12(2)9-13(8-11)15-10-20-17(18-15)14-5-3-4-6-16(14)19/h3-10,19H,1-2H3. The molecule has 0 spiro atoms. The Kier molecular flexibility index (Phi) is 3.28. The van der Waals surface area contributed by atoms with Gasteiger partial charge in [0.2, 0.25) is 0 Å². The van der Waals surface area contributed by atoms with E-state index in [1.54, 1.807) is 17.4 Å². The van der Waals surface area contributed by atoms with Gasteiger partial charge >= 0.3 is 0 Å². The maximum Gasteiger partial charge on any atom is 0.127 e. The molecule has 3 heteroatoms. The van der Waals surface area contributed by atoms with Gasteiger partial charge in [-0.2, -0.15) is 0 Å². The summed E-state index contributed by atoms with van der Waals surface area (Å²) in [5.74, 6) is 0.272. The predicted octanol–water partition coefficient (Wildman–Crippen LogP) is 4.80. The predicted molar refractivity (Wildman–Crippen MR) is 84.1 cm³/mol. The van der Waals surface area contributed by atoms with Gasteiger partial charge in [-0.05, 0) is 38.1 Å². The zero-order valence-electron chi connectivity index (χ0n) is 11.4. The lowest BCUT2D eigenvalue weighted by Gasteiger charge is -2.02. The summed E-state index contributed by atoms with van der Waals surface area (Å²) < 4.78 is 0. The van der Waals surface area contributed by atoms with Crippen molar-refractivity contribution >= 4 is 11.3 Å². The van der Waals surface area contributed by atoms with E-state index in [9.17, 15) is 5.11 Å². The summed E-state index contributed by atoms with van der Waals surface area (Å²) >= 11 is 1.55. The maximum absolute atomic E-state index is 9.90. The summed E-state index contributed by atoms with van der Waals surface area (Å²) in [5, 5.41) is 12.8. The van der Waals surface area contributed by atoms with E-state index < -0.39 is 0 Å². The summed E-state index contributed by atoms with van der Waals surface area (Å²) in [6.45, 7) is 4.18. The number of nitrogens with zero attached hydrogens (tertiary/aromatic N) is 1. The van der Waals surface area contributed by atoms with Crippen molar-refractivity contribution in [3.05, 3.63) is 59.0 Å². The van der Waals surface area contributed by atoms with E-state index in [1.807, 2.05) is 23.6 Å². The third kappa shape index (κ3) is 2.45. The number of aromatic nitrogens is 1. The van der Waals surface area contributed by atoms with E-state index in [1.165, 1.54) is 11.1 Å². The van der Waals surface area contributed by atoms with Crippen LogP contribution in [0.15, 0.2) is 47.8 Å². The van der Waals surface area contributed by atoms with Gasteiger partial charge in [-0.25, -0.2) is 4.98 Å². The largest absolute Gasteiger partial charge is 0.507 e. The van der Waals surface area contributed by atoms with Gasteiger partial charge < -0.3 is 5.11 Å². The Balaban J connectivity index is 2.04. The normalized spacial score (nSPS) is 10.7. The van der Waals surface area contributed by atoms with Crippen LogP contribution in [0.2, 0.25) is 0 Å². The zero-order valence-corrected chi connectivity index (χ0v) is 12.2. The number of aryl methyl sites for hydroxylation is 2. The molecule has 0 bridgehead atoms. The number of phenolic OH excluding ortho intramolecular Hbond substituents is 1. The summed E-state index contributed by atoms with van der Waals surface area (Å²) in [6, 6.07) is 13.7. The van der Waals surface area contributed by atoms with Crippen LogP contribution in [-0.4, -0.2) is 10.1 Å². The molecule has 2 nitrogen and oxygen atoms in total. The molecule has 1 N–H and O–H groups in total. The average Bonchev–Trinajstić information content (AvgIpc) is 2.87. The summed E-state index contributed by atoms with van der Waals surface area (Å²) in [4.78, 5) is 4.65. The Morgan fingerprint density at radius 2 is 1.70 bits per heavy atom. The van der Waals surface area contributed by atoms with Crippen molar-refractivity contribution in [2.24, 2.45) is 0 Å². The molecule has 3 rings (SSSR count). The average molecular weight is 281 g/mol. The van der Waals surface area contributed by atoms with Crippen molar-refractivity contribution in [3.63, 3.8) is 0 Å². The Morgan fingerprint density at radius 3 is 2.40 bits per heavy atom. The van der Waals surface area contributed by atoms with Crippen LogP contribution in [0.3, 0.4) is 0 Å². The number of benzene rings is 2. The van der Waals surface area contributed by atoms with E-state index in [-0.39, 0.29) is 5.75 Å². The van der Waals surface area contributed by atoms with Gasteiger partial charge in [-0.15, -0.1) is 11.3 Å². The molecule has 0 aliphatic carbocycles. The summed E-state index contributed by atoms with van der Waals surface area (Å²) in [7, 11) is 0. The minimum absolute atomic E-state index is 0.272. The number of para-hydroxylation sites is 1. The van der Waals surface area contributed by atoms with Gasteiger partial charge in [0, 0.05) is 10.9 Å². The molecule has 2 aromatic carbocycles. The van der Waals surface area contributed by atoms with Crippen molar-refractivity contribution in [2.75, 3.05) is 0 Å². The van der Waals surface area contributed by atoms with Gasteiger partial charge in [0.25, 0.3) is 0 Å². The van der Waals surface area contributed by atoms with Crippen LogP contribution in [0.4, 0.5) is 0 Å². The van der Waals surface area contributed by atoms with Gasteiger partial charge in [-0.1, -0.05) is 29.3 Å². The molecule has 0 amide bonds. The summed E-state index contributed by atoms with van der Waals surface area (Å²) in [5.41, 5.74) is 5.34. The van der Waals surface area contributed by atoms with Gasteiger partial charge in [0.1, 0.15) is 10.8 Å². The maximum atomic E-state index is 9.90. The van der Waals surface area contributed by atoms with Crippen molar-refractivity contribution in [1.29, 1.82) is 0 Å². The summed E-state index contributed by atoms with van der Waals surface area (Å²) in [6.07, 6.45) is 0. The molecule has 20 heavy (non-hydrogen) atoms. The number of rotatable bonds is 2. The molecular weight excluding hydrogens is 266 g/mol. The van der Waals surface area contributed by atoms with Crippen LogP contribution in [0.1, 0.15) is 11.1 Å². The van der Waals surface area contributed by atoms with Crippen molar-refractivity contribution < 1.29 is 5.11 Å². The SMILES string of the molecule is Cc1cc(C)cc(-c2csc(-c3ccccc3O)n2)c1. The first-order valence-electron chi connectivity index (χ1n) is 6.46. The lowest BCUT2D eigenvalue weighted by Crippen LogP contribution is -1.83. The fraction of sp³-hybridized carbons (Fsp3) is 0.118. The number of phenols is 1. The molecule has 1 heterocycles. The van der Waals surface area contributed by atoms with E-state index >= 15 is 0 Å². The van der Waals surface area contributed by atoms with E-state index in [4.69, 9.17) is 0 Å². The highest BCUT2D eigenvalue weighted by atomic mass is 32.1. The second kappa shape index (κ2) is 5.10. The Morgan fingerprint density at radius 1 is 1.00 bits per heavy atom. The molecule has 0 saturated heterocycles. The van der Waals surface area contributed by atoms with Crippen molar-refractivity contribution in [3.8, 4) is 27.6 Å². The molecule has 3 aromatic rings. The molecule has 1 aromatic heterocycles. The highest BCUT2D eigenvalue weighted by Crippen LogP contribution is 2.34. The molecule has 0 aliphatic heterocycles.